The summed E-state index contributed by atoms with van der Waals surface area (Å²) in [6.07, 6.45) is -3.25. The van der Waals surface area contributed by atoms with Crippen molar-refractivity contribution >= 4 is 11.7 Å². The smallest absolute Gasteiger partial charge is 0.360 e. The largest absolute Gasteiger partial charge is 0.419 e. The van der Waals surface area contributed by atoms with Crippen molar-refractivity contribution < 1.29 is 18.0 Å². The molecule has 1 rings (SSSR count). The minimum Gasteiger partial charge on any atom is -0.360 e. The van der Waals surface area contributed by atoms with E-state index in [2.05, 4.69) is 10.3 Å². The third kappa shape index (κ3) is 3.61. The second-order valence-corrected chi connectivity index (χ2v) is 3.66. The highest BCUT2D eigenvalue weighted by molar-refractivity contribution is 5.80. The van der Waals surface area contributed by atoms with Crippen LogP contribution in [0, 0.1) is 0 Å². The lowest BCUT2D eigenvalue weighted by Crippen LogP contribution is -2.32. The number of carbonyl (C=O) groups is 1. The van der Waals surface area contributed by atoms with Crippen LogP contribution in [0.15, 0.2) is 18.3 Å². The maximum atomic E-state index is 12.6. The molecular formula is C11H14F3N3O. The molecule has 0 saturated heterocycles. The lowest BCUT2D eigenvalue weighted by atomic mass is 10.2. The third-order valence-corrected chi connectivity index (χ3v) is 2.42. The van der Waals surface area contributed by atoms with E-state index in [0.717, 1.165) is 6.07 Å². The SMILES string of the molecule is CCN(C)C(=O)CNc1ncccc1C(F)(F)F. The summed E-state index contributed by atoms with van der Waals surface area (Å²) in [4.78, 5) is 16.5. The number of nitrogens with one attached hydrogen (secondary N) is 1. The summed E-state index contributed by atoms with van der Waals surface area (Å²) in [5.74, 6) is -0.626. The Kier molecular flexibility index (Phi) is 4.52. The van der Waals surface area contributed by atoms with Gasteiger partial charge in [-0.05, 0) is 19.1 Å². The van der Waals surface area contributed by atoms with E-state index in [4.69, 9.17) is 0 Å². The Morgan fingerprint density at radius 1 is 1.50 bits per heavy atom. The predicted molar refractivity (Wildman–Crippen MR) is 61.0 cm³/mol. The first-order chi connectivity index (χ1) is 8.36. The number of rotatable bonds is 4. The molecule has 4 nitrogen and oxygen atoms in total. The lowest BCUT2D eigenvalue weighted by Gasteiger charge is -2.16. The molecule has 18 heavy (non-hydrogen) atoms. The van der Waals surface area contributed by atoms with Gasteiger partial charge < -0.3 is 10.2 Å². The Balaban J connectivity index is 2.77. The molecule has 0 aliphatic heterocycles. The molecule has 0 saturated carbocycles. The van der Waals surface area contributed by atoms with Gasteiger partial charge in [-0.3, -0.25) is 4.79 Å². The summed E-state index contributed by atoms with van der Waals surface area (Å²) in [5, 5.41) is 2.41. The van der Waals surface area contributed by atoms with Crippen molar-refractivity contribution in [2.75, 3.05) is 25.5 Å². The molecule has 0 aromatic carbocycles. The van der Waals surface area contributed by atoms with E-state index in [9.17, 15) is 18.0 Å². The molecule has 0 unspecified atom stereocenters. The summed E-state index contributed by atoms with van der Waals surface area (Å²) < 4.78 is 37.9. The summed E-state index contributed by atoms with van der Waals surface area (Å²) in [6, 6.07) is 2.12. The highest BCUT2D eigenvalue weighted by atomic mass is 19.4. The zero-order valence-electron chi connectivity index (χ0n) is 10.1. The van der Waals surface area contributed by atoms with Gasteiger partial charge in [0.15, 0.2) is 0 Å². The highest BCUT2D eigenvalue weighted by Crippen LogP contribution is 2.33. The number of halogens is 3. The van der Waals surface area contributed by atoms with Crippen LogP contribution in [0.1, 0.15) is 12.5 Å². The average Bonchev–Trinajstić information content (AvgIpc) is 2.34. The van der Waals surface area contributed by atoms with Crippen molar-refractivity contribution in [2.45, 2.75) is 13.1 Å². The van der Waals surface area contributed by atoms with Crippen LogP contribution < -0.4 is 5.32 Å². The van der Waals surface area contributed by atoms with Gasteiger partial charge in [-0.15, -0.1) is 0 Å². The standard InChI is InChI=1S/C11H14F3N3O/c1-3-17(2)9(18)7-16-10-8(11(12,13)14)5-4-6-15-10/h4-6H,3,7H2,1-2H3,(H,15,16). The van der Waals surface area contributed by atoms with Crippen molar-refractivity contribution in [3.63, 3.8) is 0 Å². The van der Waals surface area contributed by atoms with Gasteiger partial charge in [0.05, 0.1) is 12.1 Å². The number of alkyl halides is 3. The molecular weight excluding hydrogens is 247 g/mol. The molecule has 0 aliphatic carbocycles. The Labute approximate surface area is 103 Å². The fraction of sp³-hybridized carbons (Fsp3) is 0.455. The van der Waals surface area contributed by atoms with Gasteiger partial charge >= 0.3 is 6.18 Å². The first-order valence-electron chi connectivity index (χ1n) is 5.36. The lowest BCUT2D eigenvalue weighted by molar-refractivity contribution is -0.137. The second-order valence-electron chi connectivity index (χ2n) is 3.66. The fourth-order valence-corrected chi connectivity index (χ4v) is 1.25. The Bertz CT molecular complexity index is 420. The van der Waals surface area contributed by atoms with E-state index < -0.39 is 11.7 Å². The molecule has 1 amide bonds. The van der Waals surface area contributed by atoms with Crippen molar-refractivity contribution in [3.8, 4) is 0 Å². The number of hydrogen-bond donors (Lipinski definition) is 1. The zero-order valence-corrected chi connectivity index (χ0v) is 10.1. The van der Waals surface area contributed by atoms with Gasteiger partial charge in [0.2, 0.25) is 5.91 Å². The quantitative estimate of drug-likeness (QED) is 0.901. The molecule has 7 heteroatoms. The van der Waals surface area contributed by atoms with Gasteiger partial charge in [0.1, 0.15) is 5.82 Å². The Hall–Kier alpha value is -1.79. The number of aromatic nitrogens is 1. The molecule has 1 aromatic heterocycles. The monoisotopic (exact) mass is 261 g/mol. The van der Waals surface area contributed by atoms with Gasteiger partial charge in [-0.2, -0.15) is 13.2 Å². The molecule has 1 heterocycles. The van der Waals surface area contributed by atoms with E-state index >= 15 is 0 Å². The van der Waals surface area contributed by atoms with E-state index in [0.29, 0.717) is 6.54 Å². The highest BCUT2D eigenvalue weighted by Gasteiger charge is 2.34. The molecule has 0 radical (unpaired) electrons. The topological polar surface area (TPSA) is 45.2 Å². The van der Waals surface area contributed by atoms with Crippen molar-refractivity contribution in [1.29, 1.82) is 0 Å². The maximum Gasteiger partial charge on any atom is 0.419 e. The molecule has 0 bridgehead atoms. The number of pyridine rings is 1. The molecule has 1 N–H and O–H groups in total. The minimum atomic E-state index is -4.49. The first-order valence-corrected chi connectivity index (χ1v) is 5.36. The molecule has 1 aromatic rings. The van der Waals surface area contributed by atoms with Crippen LogP contribution in [0.3, 0.4) is 0 Å². The number of nitrogens with zero attached hydrogens (tertiary/aromatic N) is 2. The van der Waals surface area contributed by atoms with Gasteiger partial charge in [0.25, 0.3) is 0 Å². The second kappa shape index (κ2) is 5.70. The number of likely N-dealkylation sites (N-methyl/N-ethyl adjacent to an activating group) is 1. The fourth-order valence-electron chi connectivity index (χ4n) is 1.25. The molecule has 0 aliphatic rings. The third-order valence-electron chi connectivity index (χ3n) is 2.42. The van der Waals surface area contributed by atoms with Crippen molar-refractivity contribution in [1.82, 2.24) is 9.88 Å². The number of anilines is 1. The van der Waals surface area contributed by atoms with Crippen LogP contribution >= 0.6 is 0 Å². The van der Waals surface area contributed by atoms with E-state index in [1.165, 1.54) is 17.2 Å². The summed E-state index contributed by atoms with van der Waals surface area (Å²) >= 11 is 0. The van der Waals surface area contributed by atoms with E-state index in [-0.39, 0.29) is 18.3 Å². The molecule has 0 spiro atoms. The van der Waals surface area contributed by atoms with E-state index in [1.54, 1.807) is 14.0 Å². The normalized spacial score (nSPS) is 11.2. The van der Waals surface area contributed by atoms with Gasteiger partial charge in [0, 0.05) is 19.8 Å². The summed E-state index contributed by atoms with van der Waals surface area (Å²) in [6.45, 7) is 2.05. The number of amides is 1. The molecule has 0 fully saturated rings. The van der Waals surface area contributed by atoms with E-state index in [1.807, 2.05) is 0 Å². The van der Waals surface area contributed by atoms with Crippen LogP contribution in [-0.2, 0) is 11.0 Å². The number of carbonyl (C=O) groups excluding carboxylic acids is 1. The summed E-state index contributed by atoms with van der Waals surface area (Å²) in [7, 11) is 1.58. The minimum absolute atomic E-state index is 0.218. The summed E-state index contributed by atoms with van der Waals surface area (Å²) in [5.41, 5.74) is -0.878. The van der Waals surface area contributed by atoms with Gasteiger partial charge in [-0.25, -0.2) is 4.98 Å². The average molecular weight is 261 g/mol. The maximum absolute atomic E-state index is 12.6. The van der Waals surface area contributed by atoms with Crippen molar-refractivity contribution in [2.24, 2.45) is 0 Å². The van der Waals surface area contributed by atoms with Crippen LogP contribution in [0.5, 0.6) is 0 Å². The predicted octanol–water partition coefficient (Wildman–Crippen LogP) is 1.99. The van der Waals surface area contributed by atoms with Crippen molar-refractivity contribution in [3.05, 3.63) is 23.9 Å². The Morgan fingerprint density at radius 3 is 2.72 bits per heavy atom. The number of hydrogen-bond acceptors (Lipinski definition) is 3. The van der Waals surface area contributed by atoms with Crippen LogP contribution in [0.25, 0.3) is 0 Å². The van der Waals surface area contributed by atoms with Crippen LogP contribution in [0.2, 0.25) is 0 Å². The molecule has 0 atom stereocenters. The zero-order chi connectivity index (χ0) is 13.8. The van der Waals surface area contributed by atoms with Gasteiger partial charge in [-0.1, -0.05) is 0 Å². The van der Waals surface area contributed by atoms with Crippen LogP contribution in [-0.4, -0.2) is 35.9 Å². The molecule has 100 valence electrons. The van der Waals surface area contributed by atoms with Crippen LogP contribution in [0.4, 0.5) is 19.0 Å². The first kappa shape index (κ1) is 14.3. The Morgan fingerprint density at radius 2 is 2.17 bits per heavy atom.